The highest BCUT2D eigenvalue weighted by atomic mass is 19.1. The Hall–Kier alpha value is -4.51. The van der Waals surface area contributed by atoms with Crippen LogP contribution in [-0.2, 0) is 20.9 Å². The van der Waals surface area contributed by atoms with E-state index in [1.807, 2.05) is 19.9 Å². The number of carbonyl (C=O) groups is 3. The summed E-state index contributed by atoms with van der Waals surface area (Å²) in [5.41, 5.74) is 2.19. The zero-order chi connectivity index (χ0) is 34.2. The van der Waals surface area contributed by atoms with Gasteiger partial charge in [0.05, 0.1) is 24.4 Å². The third-order valence-electron chi connectivity index (χ3n) is 10.2. The van der Waals surface area contributed by atoms with Gasteiger partial charge in [-0.25, -0.2) is 8.78 Å². The molecule has 2 unspecified atom stereocenters. The lowest BCUT2D eigenvalue weighted by Crippen LogP contribution is -2.57. The molecule has 0 spiro atoms. The average Bonchev–Trinajstić information content (AvgIpc) is 3.78. The summed E-state index contributed by atoms with van der Waals surface area (Å²) in [5, 5.41) is 0. The molecule has 258 valence electrons. The van der Waals surface area contributed by atoms with Crippen molar-refractivity contribution in [3.8, 4) is 11.5 Å². The molecule has 49 heavy (non-hydrogen) atoms. The molecule has 0 aromatic heterocycles. The third-order valence-corrected chi connectivity index (χ3v) is 10.2. The molecular formula is C38H41F2N3O6. The van der Waals surface area contributed by atoms with E-state index in [1.165, 1.54) is 36.4 Å². The molecule has 0 N–H and O–H groups in total. The lowest BCUT2D eigenvalue weighted by atomic mass is 9.94. The van der Waals surface area contributed by atoms with Gasteiger partial charge in [0.1, 0.15) is 17.7 Å². The van der Waals surface area contributed by atoms with Crippen molar-refractivity contribution in [1.29, 1.82) is 0 Å². The minimum atomic E-state index is -0.865. The summed E-state index contributed by atoms with van der Waals surface area (Å²) in [6.45, 7) is 4.92. The Morgan fingerprint density at radius 1 is 0.980 bits per heavy atom. The molecule has 0 radical (unpaired) electrons. The monoisotopic (exact) mass is 673 g/mol. The Balaban J connectivity index is 1.36. The maximum Gasteiger partial charge on any atom is 0.254 e. The van der Waals surface area contributed by atoms with Crippen molar-refractivity contribution in [3.05, 3.63) is 89.0 Å². The van der Waals surface area contributed by atoms with Gasteiger partial charge in [-0.15, -0.1) is 0 Å². The van der Waals surface area contributed by atoms with Gasteiger partial charge in [0, 0.05) is 42.8 Å². The Morgan fingerprint density at radius 2 is 1.73 bits per heavy atom. The fourth-order valence-corrected chi connectivity index (χ4v) is 7.32. The third kappa shape index (κ3) is 6.48. The second-order valence-corrected chi connectivity index (χ2v) is 13.5. The predicted octanol–water partition coefficient (Wildman–Crippen LogP) is 6.26. The first-order valence-corrected chi connectivity index (χ1v) is 17.2. The van der Waals surface area contributed by atoms with Crippen molar-refractivity contribution >= 4 is 23.4 Å². The van der Waals surface area contributed by atoms with Gasteiger partial charge in [0.25, 0.3) is 11.8 Å². The Morgan fingerprint density at radius 3 is 2.45 bits per heavy atom. The highest BCUT2D eigenvalue weighted by Crippen LogP contribution is 2.51. The molecule has 1 saturated carbocycles. The van der Waals surface area contributed by atoms with Crippen molar-refractivity contribution in [2.75, 3.05) is 31.5 Å². The fraction of sp³-hybridized carbons (Fsp3) is 0.447. The molecule has 1 saturated heterocycles. The van der Waals surface area contributed by atoms with Crippen molar-refractivity contribution in [2.45, 2.75) is 70.6 Å². The SMILES string of the molecule is CCC(C)C1C(=O)N2c3cc4c(cc3[C@H](N(Cc3cccc(F)c3)C(=O)C3CC3)[C@H]2COCCCCN1C(=O)c1ccc(F)cc1)OCO4. The van der Waals surface area contributed by atoms with E-state index in [2.05, 4.69) is 0 Å². The van der Waals surface area contributed by atoms with Gasteiger partial charge in [-0.2, -0.15) is 0 Å². The second-order valence-electron chi connectivity index (χ2n) is 13.5. The summed E-state index contributed by atoms with van der Waals surface area (Å²) in [7, 11) is 0. The molecule has 3 aromatic rings. The van der Waals surface area contributed by atoms with Gasteiger partial charge in [0.15, 0.2) is 11.5 Å². The van der Waals surface area contributed by atoms with Crippen molar-refractivity contribution < 1.29 is 37.4 Å². The highest BCUT2D eigenvalue weighted by Gasteiger charge is 2.51. The fourth-order valence-electron chi connectivity index (χ4n) is 7.32. The van der Waals surface area contributed by atoms with Crippen LogP contribution in [0.1, 0.15) is 73.5 Å². The number of rotatable bonds is 7. The Labute approximate surface area is 284 Å². The molecule has 3 amide bonds. The number of nitrogens with zero attached hydrogens (tertiary/aromatic N) is 3. The van der Waals surface area contributed by atoms with E-state index in [1.54, 1.807) is 32.9 Å². The van der Waals surface area contributed by atoms with E-state index in [0.29, 0.717) is 66.3 Å². The van der Waals surface area contributed by atoms with Crippen molar-refractivity contribution in [1.82, 2.24) is 9.80 Å². The zero-order valence-corrected chi connectivity index (χ0v) is 27.8. The molecule has 7 rings (SSSR count). The Kier molecular flexibility index (Phi) is 9.28. The first-order valence-electron chi connectivity index (χ1n) is 17.2. The van der Waals surface area contributed by atoms with Gasteiger partial charge in [-0.1, -0.05) is 32.4 Å². The van der Waals surface area contributed by atoms with E-state index in [4.69, 9.17) is 14.2 Å². The van der Waals surface area contributed by atoms with Crippen molar-refractivity contribution in [3.63, 3.8) is 0 Å². The van der Waals surface area contributed by atoms with E-state index in [0.717, 1.165) is 12.8 Å². The van der Waals surface area contributed by atoms with Crippen LogP contribution in [0.25, 0.3) is 0 Å². The van der Waals surface area contributed by atoms with Gasteiger partial charge in [-0.3, -0.25) is 14.4 Å². The summed E-state index contributed by atoms with van der Waals surface area (Å²) in [6.07, 6.45) is 3.38. The standard InChI is InChI=1S/C38H41F2N3O6/c1-3-23(2)34-38(46)43-30-19-33-32(48-22-49-33)18-29(30)35(42(37(45)25-9-10-25)20-24-7-6-8-28(40)17-24)31(43)21-47-16-5-4-15-41(34)36(44)26-11-13-27(39)14-12-26/h6-8,11-14,17-19,23,25,31,34-35H,3-5,9-10,15-16,20-22H2,1-2H3/t23?,31-,34?,35+/m1/s1. The summed E-state index contributed by atoms with van der Waals surface area (Å²) >= 11 is 0. The molecule has 11 heteroatoms. The van der Waals surface area contributed by atoms with Crippen LogP contribution in [-0.4, -0.2) is 66.2 Å². The summed E-state index contributed by atoms with van der Waals surface area (Å²) in [6, 6.07) is 13.1. The van der Waals surface area contributed by atoms with Crippen LogP contribution in [0, 0.1) is 23.5 Å². The molecule has 1 aliphatic carbocycles. The van der Waals surface area contributed by atoms with E-state index >= 15 is 4.79 Å². The summed E-state index contributed by atoms with van der Waals surface area (Å²) in [5.74, 6) is -0.979. The minimum absolute atomic E-state index is 0.0207. The largest absolute Gasteiger partial charge is 0.454 e. The van der Waals surface area contributed by atoms with Gasteiger partial charge >= 0.3 is 0 Å². The number of hydrogen-bond acceptors (Lipinski definition) is 6. The number of hydrogen-bond donors (Lipinski definition) is 0. The number of fused-ring (bicyclic) bond motifs is 4. The van der Waals surface area contributed by atoms with Crippen LogP contribution in [0.15, 0.2) is 60.7 Å². The maximum absolute atomic E-state index is 15.3. The number of anilines is 1. The molecular weight excluding hydrogens is 632 g/mol. The highest BCUT2D eigenvalue weighted by molar-refractivity contribution is 6.04. The first kappa shape index (κ1) is 33.0. The smallest absolute Gasteiger partial charge is 0.254 e. The Bertz CT molecular complexity index is 1730. The molecule has 4 atom stereocenters. The van der Waals surface area contributed by atoms with E-state index in [9.17, 15) is 18.4 Å². The lowest BCUT2D eigenvalue weighted by Gasteiger charge is -2.40. The van der Waals surface area contributed by atoms with Crippen molar-refractivity contribution in [2.24, 2.45) is 11.8 Å². The van der Waals surface area contributed by atoms with E-state index in [-0.39, 0.29) is 49.5 Å². The average molecular weight is 674 g/mol. The molecule has 3 heterocycles. The second kappa shape index (κ2) is 13.8. The van der Waals surface area contributed by atoms with Crippen LogP contribution >= 0.6 is 0 Å². The molecule has 2 fully saturated rings. The van der Waals surface area contributed by atoms with Crippen LogP contribution in [0.5, 0.6) is 11.5 Å². The molecule has 3 aliphatic heterocycles. The summed E-state index contributed by atoms with van der Waals surface area (Å²) < 4.78 is 46.1. The van der Waals surface area contributed by atoms with Crippen LogP contribution in [0.4, 0.5) is 14.5 Å². The van der Waals surface area contributed by atoms with E-state index < -0.39 is 29.8 Å². The van der Waals surface area contributed by atoms with Gasteiger partial charge in [0.2, 0.25) is 12.7 Å². The number of carbonyl (C=O) groups excluding carboxylic acids is 3. The maximum atomic E-state index is 15.3. The van der Waals surface area contributed by atoms with Gasteiger partial charge < -0.3 is 28.9 Å². The lowest BCUT2D eigenvalue weighted by molar-refractivity contribution is -0.137. The molecule has 4 aliphatic rings. The van der Waals surface area contributed by atoms with Crippen LogP contribution in [0.2, 0.25) is 0 Å². The van der Waals surface area contributed by atoms with Crippen LogP contribution < -0.4 is 14.4 Å². The zero-order valence-electron chi connectivity index (χ0n) is 27.8. The molecule has 9 nitrogen and oxygen atoms in total. The first-order chi connectivity index (χ1) is 23.7. The molecule has 0 bridgehead atoms. The normalized spacial score (nSPS) is 22.6. The van der Waals surface area contributed by atoms with Gasteiger partial charge in [-0.05, 0) is 79.6 Å². The van der Waals surface area contributed by atoms with Crippen LogP contribution in [0.3, 0.4) is 0 Å². The molecule has 3 aromatic carbocycles. The number of amides is 3. The quantitative estimate of drug-likeness (QED) is 0.295. The number of halogens is 2. The topological polar surface area (TPSA) is 88.6 Å². The number of benzene rings is 3. The summed E-state index contributed by atoms with van der Waals surface area (Å²) in [4.78, 5) is 48.8. The predicted molar refractivity (Wildman–Crippen MR) is 177 cm³/mol. The minimum Gasteiger partial charge on any atom is -0.454 e. The number of ether oxygens (including phenoxy) is 3.